The maximum Gasteiger partial charge on any atom is 0.159 e. The predicted octanol–water partition coefficient (Wildman–Crippen LogP) is 7.53. The number of hydrogen-bond acceptors (Lipinski definition) is 0. The fourth-order valence-electron chi connectivity index (χ4n) is 5.65. The zero-order valence-electron chi connectivity index (χ0n) is 17.2. The molecule has 1 saturated heterocycles. The van der Waals surface area contributed by atoms with Crippen LogP contribution in [-0.4, -0.2) is 8.80 Å². The summed E-state index contributed by atoms with van der Waals surface area (Å²) in [6.45, 7) is 2.31. The summed E-state index contributed by atoms with van der Waals surface area (Å²) in [4.78, 5) is 0. The van der Waals surface area contributed by atoms with Crippen molar-refractivity contribution in [2.24, 2.45) is 17.8 Å². The van der Waals surface area contributed by atoms with Crippen molar-refractivity contribution >= 4 is 8.80 Å². The maximum atomic E-state index is 13.3. The fourth-order valence-corrected chi connectivity index (χ4v) is 9.18. The standard InChI is InChI=1S/C24H38F2Si/c1-2-3-4-15-27-16-13-22(14-17-27)21-10-7-19(8-11-21)5-6-20-9-12-23(25)24(26)18-20/h9,12,18-19,21-22,27H,2-8,10-11,13-17H2,1H3/t19-,21-,22?,27?. The van der Waals surface area contributed by atoms with Gasteiger partial charge in [-0.25, -0.2) is 8.78 Å². The SMILES string of the molecule is CCCCC[SiH]1CCC([C@H]2CC[C@H](CCc3ccc(F)c(F)c3)CC2)CC1. The zero-order valence-corrected chi connectivity index (χ0v) is 18.4. The van der Waals surface area contributed by atoms with Gasteiger partial charge in [0.1, 0.15) is 0 Å². The van der Waals surface area contributed by atoms with E-state index in [0.717, 1.165) is 36.2 Å². The maximum absolute atomic E-state index is 13.3. The second-order valence-electron chi connectivity index (χ2n) is 9.34. The largest absolute Gasteiger partial charge is 0.204 e. The van der Waals surface area contributed by atoms with E-state index in [1.165, 1.54) is 69.9 Å². The lowest BCUT2D eigenvalue weighted by atomic mass is 9.73. The van der Waals surface area contributed by atoms with Gasteiger partial charge in [0.15, 0.2) is 11.6 Å². The molecule has 3 rings (SSSR count). The third-order valence-corrected chi connectivity index (χ3v) is 11.0. The Morgan fingerprint density at radius 3 is 2.26 bits per heavy atom. The van der Waals surface area contributed by atoms with E-state index < -0.39 is 11.6 Å². The van der Waals surface area contributed by atoms with E-state index in [2.05, 4.69) is 6.92 Å². The smallest absolute Gasteiger partial charge is 0.159 e. The molecule has 0 unspecified atom stereocenters. The second-order valence-corrected chi connectivity index (χ2v) is 12.8. The van der Waals surface area contributed by atoms with E-state index in [9.17, 15) is 8.78 Å². The Hall–Kier alpha value is -0.703. The summed E-state index contributed by atoms with van der Waals surface area (Å²) in [6.07, 6.45) is 14.9. The Morgan fingerprint density at radius 1 is 0.889 bits per heavy atom. The Labute approximate surface area is 166 Å². The molecule has 152 valence electrons. The highest BCUT2D eigenvalue weighted by Crippen LogP contribution is 2.42. The van der Waals surface area contributed by atoms with Gasteiger partial charge >= 0.3 is 0 Å². The van der Waals surface area contributed by atoms with Crippen LogP contribution in [0.4, 0.5) is 8.78 Å². The Kier molecular flexibility index (Phi) is 8.36. The third kappa shape index (κ3) is 6.41. The highest BCUT2D eigenvalue weighted by Gasteiger charge is 2.30. The van der Waals surface area contributed by atoms with Crippen LogP contribution in [0.3, 0.4) is 0 Å². The molecule has 0 aromatic heterocycles. The number of aryl methyl sites for hydroxylation is 1. The Balaban J connectivity index is 1.34. The Bertz CT molecular complexity index is 557. The van der Waals surface area contributed by atoms with Crippen molar-refractivity contribution in [3.05, 3.63) is 35.4 Å². The normalized spacial score (nSPS) is 29.0. The van der Waals surface area contributed by atoms with Crippen molar-refractivity contribution in [3.8, 4) is 0 Å². The third-order valence-electron chi connectivity index (χ3n) is 7.49. The molecule has 3 heteroatoms. The molecule has 0 spiro atoms. The molecule has 2 aliphatic rings. The first-order valence-corrected chi connectivity index (χ1v) is 14.0. The highest BCUT2D eigenvalue weighted by molar-refractivity contribution is 6.58. The van der Waals surface area contributed by atoms with Crippen LogP contribution in [0.25, 0.3) is 0 Å². The van der Waals surface area contributed by atoms with E-state index in [0.29, 0.717) is 0 Å². The average Bonchev–Trinajstić information content (AvgIpc) is 2.70. The van der Waals surface area contributed by atoms with Crippen molar-refractivity contribution in [2.45, 2.75) is 95.7 Å². The highest BCUT2D eigenvalue weighted by atomic mass is 28.3. The lowest BCUT2D eigenvalue weighted by molar-refractivity contribution is 0.186. The van der Waals surface area contributed by atoms with Gasteiger partial charge in [0.25, 0.3) is 0 Å². The van der Waals surface area contributed by atoms with Crippen LogP contribution in [-0.2, 0) is 6.42 Å². The van der Waals surface area contributed by atoms with E-state index in [-0.39, 0.29) is 8.80 Å². The zero-order chi connectivity index (χ0) is 19.1. The van der Waals surface area contributed by atoms with Gasteiger partial charge in [-0.2, -0.15) is 0 Å². The monoisotopic (exact) mass is 392 g/mol. The minimum Gasteiger partial charge on any atom is -0.204 e. The van der Waals surface area contributed by atoms with Crippen LogP contribution < -0.4 is 0 Å². The van der Waals surface area contributed by atoms with E-state index in [4.69, 9.17) is 0 Å². The number of benzene rings is 1. The number of halogens is 2. The van der Waals surface area contributed by atoms with Crippen molar-refractivity contribution in [1.82, 2.24) is 0 Å². The lowest BCUT2D eigenvalue weighted by Gasteiger charge is -2.37. The lowest BCUT2D eigenvalue weighted by Crippen LogP contribution is -2.28. The first kappa shape index (κ1) is 21.0. The van der Waals surface area contributed by atoms with Gasteiger partial charge in [0, 0.05) is 8.80 Å². The van der Waals surface area contributed by atoms with Gasteiger partial charge < -0.3 is 0 Å². The summed E-state index contributed by atoms with van der Waals surface area (Å²) < 4.78 is 26.4. The van der Waals surface area contributed by atoms with Crippen molar-refractivity contribution in [3.63, 3.8) is 0 Å². The molecule has 0 N–H and O–H groups in total. The molecule has 1 saturated carbocycles. The number of rotatable bonds is 8. The minimum absolute atomic E-state index is 0.374. The molecule has 1 aliphatic heterocycles. The topological polar surface area (TPSA) is 0 Å². The molecule has 0 nitrogen and oxygen atoms in total. The predicted molar refractivity (Wildman–Crippen MR) is 114 cm³/mol. The van der Waals surface area contributed by atoms with Crippen LogP contribution in [0, 0.1) is 29.4 Å². The van der Waals surface area contributed by atoms with Gasteiger partial charge in [-0.3, -0.25) is 0 Å². The summed E-state index contributed by atoms with van der Waals surface area (Å²) in [6, 6.07) is 9.23. The molecule has 1 aromatic carbocycles. The van der Waals surface area contributed by atoms with E-state index in [1.807, 2.05) is 0 Å². The summed E-state index contributed by atoms with van der Waals surface area (Å²) in [5, 5.41) is 0. The molecular weight excluding hydrogens is 354 g/mol. The van der Waals surface area contributed by atoms with E-state index in [1.54, 1.807) is 24.2 Å². The molecule has 0 radical (unpaired) electrons. The number of unbranched alkanes of at least 4 members (excludes halogenated alkanes) is 2. The molecule has 0 atom stereocenters. The fraction of sp³-hybridized carbons (Fsp3) is 0.750. The molecular formula is C24H38F2Si. The van der Waals surface area contributed by atoms with Crippen LogP contribution >= 0.6 is 0 Å². The summed E-state index contributed by atoms with van der Waals surface area (Å²) in [5.41, 5.74) is 0.947. The molecule has 27 heavy (non-hydrogen) atoms. The summed E-state index contributed by atoms with van der Waals surface area (Å²) in [7, 11) is -0.374. The van der Waals surface area contributed by atoms with Crippen LogP contribution in [0.15, 0.2) is 18.2 Å². The van der Waals surface area contributed by atoms with Gasteiger partial charge in [-0.15, -0.1) is 0 Å². The minimum atomic E-state index is -0.734. The summed E-state index contributed by atoms with van der Waals surface area (Å²) in [5.74, 6) is 1.35. The van der Waals surface area contributed by atoms with Crippen molar-refractivity contribution in [1.29, 1.82) is 0 Å². The molecule has 1 aliphatic carbocycles. The van der Waals surface area contributed by atoms with Gasteiger partial charge in [-0.05, 0) is 61.1 Å². The Morgan fingerprint density at radius 2 is 1.59 bits per heavy atom. The van der Waals surface area contributed by atoms with Gasteiger partial charge in [0.05, 0.1) is 0 Å². The van der Waals surface area contributed by atoms with E-state index >= 15 is 0 Å². The molecule has 2 fully saturated rings. The summed E-state index contributed by atoms with van der Waals surface area (Å²) >= 11 is 0. The molecule has 1 heterocycles. The van der Waals surface area contributed by atoms with Crippen LogP contribution in [0.1, 0.15) is 76.7 Å². The first-order valence-electron chi connectivity index (χ1n) is 11.6. The average molecular weight is 393 g/mol. The molecule has 0 bridgehead atoms. The molecule has 1 aromatic rings. The van der Waals surface area contributed by atoms with Crippen molar-refractivity contribution < 1.29 is 8.78 Å². The molecule has 0 amide bonds. The van der Waals surface area contributed by atoms with Crippen molar-refractivity contribution in [2.75, 3.05) is 0 Å². The van der Waals surface area contributed by atoms with Crippen LogP contribution in [0.2, 0.25) is 18.1 Å². The number of hydrogen-bond donors (Lipinski definition) is 0. The second kappa shape index (κ2) is 10.7. The van der Waals surface area contributed by atoms with Gasteiger partial charge in [-0.1, -0.05) is 76.1 Å². The first-order chi connectivity index (χ1) is 13.2. The van der Waals surface area contributed by atoms with Gasteiger partial charge in [0.2, 0.25) is 0 Å². The van der Waals surface area contributed by atoms with Crippen LogP contribution in [0.5, 0.6) is 0 Å². The quantitative estimate of drug-likeness (QED) is 0.317.